The van der Waals surface area contributed by atoms with E-state index in [0.717, 1.165) is 6.16 Å². The Hall–Kier alpha value is -1.91. The van der Waals surface area contributed by atoms with E-state index in [4.69, 9.17) is 0 Å². The Morgan fingerprint density at radius 3 is 1.32 bits per heavy atom. The minimum atomic E-state index is -1.70. The van der Waals surface area contributed by atoms with Gasteiger partial charge in [0.2, 0.25) is 0 Å². The molecule has 2 heteroatoms. The second-order valence-electron chi connectivity index (χ2n) is 6.05. The van der Waals surface area contributed by atoms with Gasteiger partial charge in [-0.2, -0.15) is 0 Å². The van der Waals surface area contributed by atoms with E-state index in [1.807, 2.05) is 0 Å². The maximum atomic E-state index is 2.34. The first-order valence-electron chi connectivity index (χ1n) is 8.47. The minimum absolute atomic E-state index is 0.490. The molecule has 0 amide bonds. The molecule has 0 aliphatic carbocycles. The molecule has 0 spiro atoms. The zero-order chi connectivity index (χ0) is 17.0. The van der Waals surface area contributed by atoms with E-state index in [1.165, 1.54) is 15.9 Å². The summed E-state index contributed by atoms with van der Waals surface area (Å²) in [7, 11) is -1.70. The quantitative estimate of drug-likeness (QED) is 0.344. The van der Waals surface area contributed by atoms with Crippen LogP contribution >= 0.6 is 7.26 Å². The molecular formula is C23H20PSe+. The van der Waals surface area contributed by atoms with Crippen LogP contribution in [0.4, 0.5) is 0 Å². The third-order valence-electron chi connectivity index (χ3n) is 4.56. The molecule has 3 aromatic carbocycles. The summed E-state index contributed by atoms with van der Waals surface area (Å²) >= 11 is 0.490. The van der Waals surface area contributed by atoms with Crippen molar-refractivity contribution in [3.63, 3.8) is 0 Å². The van der Waals surface area contributed by atoms with Crippen molar-refractivity contribution in [3.05, 3.63) is 113 Å². The molecule has 0 nitrogen and oxygen atoms in total. The molecule has 0 aliphatic heterocycles. The van der Waals surface area contributed by atoms with Gasteiger partial charge in [0.15, 0.2) is 0 Å². The molecule has 0 saturated carbocycles. The van der Waals surface area contributed by atoms with Gasteiger partial charge in [-0.25, -0.2) is 0 Å². The van der Waals surface area contributed by atoms with Crippen LogP contribution in [0.3, 0.4) is 0 Å². The number of hydrogen-bond donors (Lipinski definition) is 0. The van der Waals surface area contributed by atoms with Crippen LogP contribution in [0.2, 0.25) is 0 Å². The molecule has 0 fully saturated rings. The van der Waals surface area contributed by atoms with Crippen LogP contribution in [-0.2, 0) is 6.16 Å². The second-order valence-corrected chi connectivity index (χ2v) is 11.7. The summed E-state index contributed by atoms with van der Waals surface area (Å²) in [6, 6.07) is 38.0. The zero-order valence-corrected chi connectivity index (χ0v) is 16.6. The normalized spacial score (nSPS) is 11.4. The van der Waals surface area contributed by atoms with Crippen molar-refractivity contribution in [3.8, 4) is 0 Å². The topological polar surface area (TPSA) is 0 Å². The summed E-state index contributed by atoms with van der Waals surface area (Å²) in [6.07, 6.45) is 1.14. The number of hydrogen-bond acceptors (Lipinski definition) is 0. The molecule has 1 heterocycles. The molecule has 0 radical (unpaired) electrons. The van der Waals surface area contributed by atoms with Gasteiger partial charge in [0.1, 0.15) is 0 Å². The van der Waals surface area contributed by atoms with Crippen molar-refractivity contribution in [2.75, 3.05) is 0 Å². The third-order valence-corrected chi connectivity index (χ3v) is 11.2. The third kappa shape index (κ3) is 3.29. The van der Waals surface area contributed by atoms with Crippen molar-refractivity contribution < 1.29 is 0 Å². The molecule has 0 atom stereocenters. The van der Waals surface area contributed by atoms with Crippen molar-refractivity contribution in [1.82, 2.24) is 0 Å². The van der Waals surface area contributed by atoms with Gasteiger partial charge >= 0.3 is 156 Å². The predicted octanol–water partition coefficient (Wildman–Crippen LogP) is 4.24. The Balaban J connectivity index is 2.01. The standard InChI is InChI=1S/C23H20PSe/c1-4-11-20(12-5-1)24(19-23-17-10-18-25-23,21-13-6-2-7-14-21)22-15-8-3-9-16-22/h1-18H,19H2/q+1. The molecule has 0 bridgehead atoms. The van der Waals surface area contributed by atoms with Gasteiger partial charge in [-0.1, -0.05) is 0 Å². The summed E-state index contributed by atoms with van der Waals surface area (Å²) in [5, 5.41) is 4.41. The second kappa shape index (κ2) is 7.54. The van der Waals surface area contributed by atoms with Crippen LogP contribution in [-0.4, -0.2) is 14.5 Å². The Bertz CT molecular complexity index is 804. The van der Waals surface area contributed by atoms with Gasteiger partial charge in [-0.15, -0.1) is 0 Å². The fourth-order valence-corrected chi connectivity index (χ4v) is 10.3. The van der Waals surface area contributed by atoms with E-state index >= 15 is 0 Å². The van der Waals surface area contributed by atoms with E-state index in [2.05, 4.69) is 108 Å². The van der Waals surface area contributed by atoms with Crippen molar-refractivity contribution >= 4 is 37.7 Å². The molecule has 122 valence electrons. The first-order valence-corrected chi connectivity index (χ1v) is 12.3. The Labute approximate surface area is 156 Å². The monoisotopic (exact) mass is 407 g/mol. The summed E-state index contributed by atoms with van der Waals surface area (Å²) in [6.45, 7) is 0. The van der Waals surface area contributed by atoms with E-state index in [1.54, 1.807) is 4.44 Å². The Kier molecular flexibility index (Phi) is 4.99. The first kappa shape index (κ1) is 16.6. The van der Waals surface area contributed by atoms with Gasteiger partial charge in [-0.3, -0.25) is 0 Å². The van der Waals surface area contributed by atoms with E-state index < -0.39 is 7.26 Å². The van der Waals surface area contributed by atoms with Crippen LogP contribution < -0.4 is 15.9 Å². The van der Waals surface area contributed by atoms with Crippen molar-refractivity contribution in [2.45, 2.75) is 6.16 Å². The van der Waals surface area contributed by atoms with Crippen LogP contribution in [0.25, 0.3) is 0 Å². The van der Waals surface area contributed by atoms with E-state index in [-0.39, 0.29) is 0 Å². The fourth-order valence-electron chi connectivity index (χ4n) is 3.40. The van der Waals surface area contributed by atoms with Crippen LogP contribution in [0, 0.1) is 0 Å². The molecule has 0 unspecified atom stereocenters. The summed E-state index contributed by atoms with van der Waals surface area (Å²) in [5.74, 6) is 0. The maximum absolute atomic E-state index is 2.34. The average molecular weight is 406 g/mol. The van der Waals surface area contributed by atoms with Crippen molar-refractivity contribution in [2.24, 2.45) is 0 Å². The zero-order valence-electron chi connectivity index (χ0n) is 14.0. The first-order chi connectivity index (χ1) is 12.4. The fraction of sp³-hybridized carbons (Fsp3) is 0.0435. The van der Waals surface area contributed by atoms with Crippen LogP contribution in [0.15, 0.2) is 108 Å². The van der Waals surface area contributed by atoms with Gasteiger partial charge in [-0.05, 0) is 0 Å². The summed E-state index contributed by atoms with van der Waals surface area (Å²) in [5.41, 5.74) is 0. The molecule has 0 saturated heterocycles. The van der Waals surface area contributed by atoms with Crippen molar-refractivity contribution in [1.29, 1.82) is 0 Å². The average Bonchev–Trinajstić information content (AvgIpc) is 3.21. The summed E-state index contributed by atoms with van der Waals surface area (Å²) < 4.78 is 1.59. The summed E-state index contributed by atoms with van der Waals surface area (Å²) in [4.78, 5) is 2.33. The van der Waals surface area contributed by atoms with Crippen LogP contribution in [0.1, 0.15) is 4.44 Å². The van der Waals surface area contributed by atoms with Crippen LogP contribution in [0.5, 0.6) is 0 Å². The molecule has 0 N–H and O–H groups in total. The van der Waals surface area contributed by atoms with Gasteiger partial charge in [0, 0.05) is 0 Å². The molecule has 1 aromatic heterocycles. The molecular weight excluding hydrogens is 386 g/mol. The SMILES string of the molecule is c1ccc([P+](Cc2ccc[se]2)(c2ccccc2)c2ccccc2)cc1. The number of benzene rings is 3. The number of rotatable bonds is 5. The van der Waals surface area contributed by atoms with Gasteiger partial charge in [0.05, 0.1) is 0 Å². The van der Waals surface area contributed by atoms with E-state index in [9.17, 15) is 0 Å². The van der Waals surface area contributed by atoms with E-state index in [0.29, 0.717) is 14.5 Å². The molecule has 4 aromatic rings. The van der Waals surface area contributed by atoms with Gasteiger partial charge < -0.3 is 0 Å². The molecule has 25 heavy (non-hydrogen) atoms. The molecule has 0 aliphatic rings. The molecule has 4 rings (SSSR count). The predicted molar refractivity (Wildman–Crippen MR) is 112 cm³/mol. The Morgan fingerprint density at radius 1 is 0.520 bits per heavy atom. The van der Waals surface area contributed by atoms with Gasteiger partial charge in [0.25, 0.3) is 0 Å². The Morgan fingerprint density at radius 2 is 0.960 bits per heavy atom.